The number of ether oxygens (including phenoxy) is 1. The zero-order valence-corrected chi connectivity index (χ0v) is 14.5. The molecule has 0 saturated heterocycles. The molecule has 1 heterocycles. The molecule has 134 valence electrons. The van der Waals surface area contributed by atoms with Gasteiger partial charge in [-0.2, -0.15) is 4.98 Å². The van der Waals surface area contributed by atoms with Crippen LogP contribution in [0.2, 0.25) is 0 Å². The van der Waals surface area contributed by atoms with E-state index in [4.69, 9.17) is 16.2 Å². The molecule has 26 heavy (non-hydrogen) atoms. The maximum absolute atomic E-state index is 14.4. The number of nitrogen functional groups attached to an aromatic ring is 2. The molecule has 0 radical (unpaired) electrons. The molecule has 6 nitrogen and oxygen atoms in total. The molecule has 0 saturated carbocycles. The Morgan fingerprint density at radius 2 is 1.81 bits per heavy atom. The van der Waals surface area contributed by atoms with Gasteiger partial charge >= 0.3 is 0 Å². The first-order valence-corrected chi connectivity index (χ1v) is 8.15. The standard InChI is InChI=1S/C19H20FN5O/c1-11(2)26-15-8-4-7-14(10-15)23-19-24-17(16(20)18(22)25-19)12-5-3-6-13(21)9-12/h3-11H,21H2,1-2H3,(H3,22,23,24,25). The predicted octanol–water partition coefficient (Wildman–Crippen LogP) is 3.98. The summed E-state index contributed by atoms with van der Waals surface area (Å²) in [6, 6.07) is 14.1. The number of nitrogens with two attached hydrogens (primary N) is 2. The number of nitrogens with zero attached hydrogens (tertiary/aromatic N) is 2. The number of benzene rings is 2. The van der Waals surface area contributed by atoms with Gasteiger partial charge in [0.05, 0.1) is 6.10 Å². The van der Waals surface area contributed by atoms with Crippen molar-refractivity contribution in [3.8, 4) is 17.0 Å². The minimum absolute atomic E-state index is 0.0538. The summed E-state index contributed by atoms with van der Waals surface area (Å²) in [5.74, 6) is -0.0355. The second kappa shape index (κ2) is 7.26. The van der Waals surface area contributed by atoms with Crippen LogP contribution in [0.5, 0.6) is 5.75 Å². The minimum Gasteiger partial charge on any atom is -0.491 e. The predicted molar refractivity (Wildman–Crippen MR) is 102 cm³/mol. The minimum atomic E-state index is -0.682. The van der Waals surface area contributed by atoms with E-state index in [2.05, 4.69) is 15.3 Å². The SMILES string of the molecule is CC(C)Oc1cccc(Nc2nc(N)c(F)c(-c3cccc(N)c3)n2)c1. The molecular weight excluding hydrogens is 333 g/mol. The van der Waals surface area contributed by atoms with Crippen molar-refractivity contribution in [1.29, 1.82) is 0 Å². The van der Waals surface area contributed by atoms with E-state index < -0.39 is 5.82 Å². The molecule has 0 unspecified atom stereocenters. The molecule has 2 aromatic carbocycles. The Morgan fingerprint density at radius 1 is 1.04 bits per heavy atom. The van der Waals surface area contributed by atoms with E-state index in [-0.39, 0.29) is 23.6 Å². The highest BCUT2D eigenvalue weighted by Crippen LogP contribution is 2.28. The number of nitrogens with one attached hydrogen (secondary N) is 1. The van der Waals surface area contributed by atoms with Crippen LogP contribution in [0.25, 0.3) is 11.3 Å². The molecule has 0 amide bonds. The first kappa shape index (κ1) is 17.5. The first-order chi connectivity index (χ1) is 12.4. The fourth-order valence-corrected chi connectivity index (χ4v) is 2.45. The second-order valence-corrected chi connectivity index (χ2v) is 6.04. The molecule has 7 heteroatoms. The fraction of sp³-hybridized carbons (Fsp3) is 0.158. The summed E-state index contributed by atoms with van der Waals surface area (Å²) in [5.41, 5.74) is 13.3. The maximum Gasteiger partial charge on any atom is 0.229 e. The molecule has 0 bridgehead atoms. The Labute approximate surface area is 151 Å². The summed E-state index contributed by atoms with van der Waals surface area (Å²) >= 11 is 0. The van der Waals surface area contributed by atoms with Crippen molar-refractivity contribution in [3.05, 3.63) is 54.3 Å². The zero-order chi connectivity index (χ0) is 18.7. The van der Waals surface area contributed by atoms with Gasteiger partial charge in [-0.15, -0.1) is 0 Å². The van der Waals surface area contributed by atoms with Crippen molar-refractivity contribution in [2.75, 3.05) is 16.8 Å². The molecule has 0 spiro atoms. The van der Waals surface area contributed by atoms with Crippen molar-refractivity contribution in [2.45, 2.75) is 20.0 Å². The van der Waals surface area contributed by atoms with Crippen LogP contribution in [0.3, 0.4) is 0 Å². The fourth-order valence-electron chi connectivity index (χ4n) is 2.45. The van der Waals surface area contributed by atoms with Gasteiger partial charge < -0.3 is 21.5 Å². The molecule has 3 aromatic rings. The van der Waals surface area contributed by atoms with E-state index >= 15 is 0 Å². The molecule has 0 aliphatic heterocycles. The Kier molecular flexibility index (Phi) is 4.88. The van der Waals surface area contributed by atoms with Crippen molar-refractivity contribution in [1.82, 2.24) is 9.97 Å². The summed E-state index contributed by atoms with van der Waals surface area (Å²) in [6.45, 7) is 3.89. The summed E-state index contributed by atoms with van der Waals surface area (Å²) in [5, 5.41) is 3.03. The number of hydrogen-bond donors (Lipinski definition) is 3. The highest BCUT2D eigenvalue weighted by Gasteiger charge is 2.15. The van der Waals surface area contributed by atoms with E-state index in [0.717, 1.165) is 0 Å². The van der Waals surface area contributed by atoms with Gasteiger partial charge in [0, 0.05) is 23.0 Å². The van der Waals surface area contributed by atoms with Crippen molar-refractivity contribution in [2.24, 2.45) is 0 Å². The lowest BCUT2D eigenvalue weighted by Gasteiger charge is -2.12. The van der Waals surface area contributed by atoms with Gasteiger partial charge in [0.15, 0.2) is 11.6 Å². The highest BCUT2D eigenvalue weighted by atomic mass is 19.1. The Balaban J connectivity index is 1.94. The van der Waals surface area contributed by atoms with Gasteiger partial charge in [-0.25, -0.2) is 9.37 Å². The third-order valence-corrected chi connectivity index (χ3v) is 3.50. The van der Waals surface area contributed by atoms with Crippen molar-refractivity contribution < 1.29 is 9.13 Å². The smallest absolute Gasteiger partial charge is 0.229 e. The van der Waals surface area contributed by atoms with Crippen LogP contribution in [0.1, 0.15) is 13.8 Å². The number of halogens is 1. The molecular formula is C19H20FN5O. The van der Waals surface area contributed by atoms with E-state index in [0.29, 0.717) is 22.7 Å². The topological polar surface area (TPSA) is 99.1 Å². The van der Waals surface area contributed by atoms with E-state index in [9.17, 15) is 4.39 Å². The van der Waals surface area contributed by atoms with Crippen LogP contribution in [0, 0.1) is 5.82 Å². The lowest BCUT2D eigenvalue weighted by Crippen LogP contribution is -2.07. The van der Waals surface area contributed by atoms with E-state index in [1.807, 2.05) is 38.1 Å². The maximum atomic E-state index is 14.4. The average molecular weight is 353 g/mol. The van der Waals surface area contributed by atoms with Crippen LogP contribution in [-0.2, 0) is 0 Å². The molecule has 5 N–H and O–H groups in total. The van der Waals surface area contributed by atoms with Crippen molar-refractivity contribution in [3.63, 3.8) is 0 Å². The monoisotopic (exact) mass is 353 g/mol. The lowest BCUT2D eigenvalue weighted by atomic mass is 10.1. The molecule has 0 atom stereocenters. The highest BCUT2D eigenvalue weighted by molar-refractivity contribution is 5.69. The van der Waals surface area contributed by atoms with Crippen LogP contribution < -0.4 is 21.5 Å². The molecule has 0 fully saturated rings. The van der Waals surface area contributed by atoms with Gasteiger partial charge in [-0.3, -0.25) is 0 Å². The molecule has 0 aliphatic carbocycles. The molecule has 3 rings (SSSR count). The largest absolute Gasteiger partial charge is 0.491 e. The number of anilines is 4. The molecule has 0 aliphatic rings. The third-order valence-electron chi connectivity index (χ3n) is 3.50. The average Bonchev–Trinajstić information content (AvgIpc) is 2.57. The van der Waals surface area contributed by atoms with E-state index in [1.54, 1.807) is 24.3 Å². The number of hydrogen-bond acceptors (Lipinski definition) is 6. The Morgan fingerprint density at radius 3 is 2.54 bits per heavy atom. The normalized spacial score (nSPS) is 10.8. The van der Waals surface area contributed by atoms with Gasteiger partial charge in [-0.1, -0.05) is 18.2 Å². The van der Waals surface area contributed by atoms with Gasteiger partial charge in [0.25, 0.3) is 0 Å². The summed E-state index contributed by atoms with van der Waals surface area (Å²) in [4.78, 5) is 8.23. The van der Waals surface area contributed by atoms with Gasteiger partial charge in [0.2, 0.25) is 5.95 Å². The van der Waals surface area contributed by atoms with Crippen LogP contribution in [-0.4, -0.2) is 16.1 Å². The van der Waals surface area contributed by atoms with Gasteiger partial charge in [0.1, 0.15) is 11.4 Å². The lowest BCUT2D eigenvalue weighted by molar-refractivity contribution is 0.242. The Hall–Kier alpha value is -3.35. The zero-order valence-electron chi connectivity index (χ0n) is 14.5. The number of aromatic nitrogens is 2. The second-order valence-electron chi connectivity index (χ2n) is 6.04. The third kappa shape index (κ3) is 4.00. The number of rotatable bonds is 5. The van der Waals surface area contributed by atoms with Crippen LogP contribution in [0.15, 0.2) is 48.5 Å². The summed E-state index contributed by atoms with van der Waals surface area (Å²) < 4.78 is 20.1. The van der Waals surface area contributed by atoms with Crippen LogP contribution in [0.4, 0.5) is 27.5 Å². The summed E-state index contributed by atoms with van der Waals surface area (Å²) in [7, 11) is 0. The van der Waals surface area contributed by atoms with Crippen LogP contribution >= 0.6 is 0 Å². The quantitative estimate of drug-likeness (QED) is 0.600. The van der Waals surface area contributed by atoms with Crippen molar-refractivity contribution >= 4 is 23.1 Å². The van der Waals surface area contributed by atoms with Gasteiger partial charge in [-0.05, 0) is 38.1 Å². The summed E-state index contributed by atoms with van der Waals surface area (Å²) in [6.07, 6.45) is 0.0538. The molecule has 1 aromatic heterocycles. The van der Waals surface area contributed by atoms with E-state index in [1.165, 1.54) is 0 Å². The Bertz CT molecular complexity index is 930. The first-order valence-electron chi connectivity index (χ1n) is 8.15.